The molecule has 5 heteroatoms. The summed E-state index contributed by atoms with van der Waals surface area (Å²) >= 11 is 3.52. The number of nitrogens with zero attached hydrogens (tertiary/aromatic N) is 3. The number of alkyl halides is 1. The standard InChI is InChI=1S/C15H22BrN3O/c16-8-10-18(12-4-2-1-3-5-12)14-15(20)19(11-9-17-14)13-6-7-13/h9,11-13H,1-8,10H2. The highest BCUT2D eigenvalue weighted by molar-refractivity contribution is 9.09. The van der Waals surface area contributed by atoms with E-state index in [4.69, 9.17) is 0 Å². The SMILES string of the molecule is O=c1c(N(CCBr)C2CCCCC2)nccn1C1CC1. The summed E-state index contributed by atoms with van der Waals surface area (Å²) in [7, 11) is 0. The fourth-order valence-electron chi connectivity index (χ4n) is 3.20. The lowest BCUT2D eigenvalue weighted by Gasteiger charge is -2.34. The highest BCUT2D eigenvalue weighted by atomic mass is 79.9. The van der Waals surface area contributed by atoms with Gasteiger partial charge in [0.05, 0.1) is 0 Å². The highest BCUT2D eigenvalue weighted by Crippen LogP contribution is 2.33. The first-order valence-corrected chi connectivity index (χ1v) is 8.83. The summed E-state index contributed by atoms with van der Waals surface area (Å²) in [6.07, 6.45) is 12.1. The summed E-state index contributed by atoms with van der Waals surface area (Å²) in [5, 5.41) is 0.878. The van der Waals surface area contributed by atoms with Crippen LogP contribution >= 0.6 is 15.9 Å². The Morgan fingerprint density at radius 1 is 1.25 bits per heavy atom. The first-order chi connectivity index (χ1) is 9.81. The minimum absolute atomic E-state index is 0.0986. The second kappa shape index (κ2) is 6.29. The largest absolute Gasteiger partial charge is 0.348 e. The Balaban J connectivity index is 1.90. The fraction of sp³-hybridized carbons (Fsp3) is 0.733. The molecule has 1 aromatic rings. The molecule has 0 atom stereocenters. The Kier molecular flexibility index (Phi) is 4.44. The van der Waals surface area contributed by atoms with Gasteiger partial charge < -0.3 is 9.47 Å². The molecule has 0 spiro atoms. The van der Waals surface area contributed by atoms with E-state index in [1.54, 1.807) is 6.20 Å². The van der Waals surface area contributed by atoms with Gasteiger partial charge in [-0.05, 0) is 25.7 Å². The van der Waals surface area contributed by atoms with Crippen LogP contribution < -0.4 is 10.5 Å². The molecule has 2 aliphatic carbocycles. The summed E-state index contributed by atoms with van der Waals surface area (Å²) in [5.41, 5.74) is 0.0986. The molecule has 3 rings (SSSR count). The number of rotatable bonds is 5. The van der Waals surface area contributed by atoms with Gasteiger partial charge in [0.2, 0.25) is 0 Å². The van der Waals surface area contributed by atoms with Gasteiger partial charge in [-0.1, -0.05) is 35.2 Å². The first-order valence-electron chi connectivity index (χ1n) is 7.71. The van der Waals surface area contributed by atoms with E-state index in [2.05, 4.69) is 25.8 Å². The van der Waals surface area contributed by atoms with Crippen LogP contribution in [0.15, 0.2) is 17.2 Å². The van der Waals surface area contributed by atoms with Crippen LogP contribution in [0.1, 0.15) is 51.0 Å². The Labute approximate surface area is 128 Å². The van der Waals surface area contributed by atoms with Crippen molar-refractivity contribution in [3.8, 4) is 0 Å². The van der Waals surface area contributed by atoms with E-state index in [0.29, 0.717) is 17.9 Å². The third-order valence-corrected chi connectivity index (χ3v) is 4.76. The van der Waals surface area contributed by atoms with Crippen molar-refractivity contribution in [3.63, 3.8) is 0 Å². The van der Waals surface area contributed by atoms with E-state index in [1.165, 1.54) is 32.1 Å². The van der Waals surface area contributed by atoms with Crippen molar-refractivity contribution >= 4 is 21.7 Å². The molecule has 2 fully saturated rings. The van der Waals surface area contributed by atoms with Crippen LogP contribution in [0, 0.1) is 0 Å². The molecule has 110 valence electrons. The fourth-order valence-corrected chi connectivity index (χ4v) is 3.58. The first kappa shape index (κ1) is 14.1. The number of aromatic nitrogens is 2. The Morgan fingerprint density at radius 2 is 2.00 bits per heavy atom. The monoisotopic (exact) mass is 339 g/mol. The van der Waals surface area contributed by atoms with Gasteiger partial charge >= 0.3 is 0 Å². The zero-order valence-corrected chi connectivity index (χ0v) is 13.4. The van der Waals surface area contributed by atoms with Gasteiger partial charge in [-0.3, -0.25) is 4.79 Å². The molecule has 2 aliphatic rings. The van der Waals surface area contributed by atoms with Crippen LogP contribution in [0.25, 0.3) is 0 Å². The zero-order chi connectivity index (χ0) is 13.9. The van der Waals surface area contributed by atoms with Crippen LogP contribution in [0.4, 0.5) is 5.82 Å². The van der Waals surface area contributed by atoms with Crippen LogP contribution in [-0.4, -0.2) is 27.5 Å². The third kappa shape index (κ3) is 2.92. The molecule has 0 aromatic carbocycles. The van der Waals surface area contributed by atoms with Crippen molar-refractivity contribution in [2.75, 3.05) is 16.8 Å². The molecule has 0 saturated heterocycles. The average Bonchev–Trinajstić information content (AvgIpc) is 3.31. The molecule has 1 heterocycles. The van der Waals surface area contributed by atoms with Gasteiger partial charge in [0, 0.05) is 36.4 Å². The molecule has 0 unspecified atom stereocenters. The molecule has 2 saturated carbocycles. The molecule has 0 bridgehead atoms. The number of hydrogen-bond donors (Lipinski definition) is 0. The van der Waals surface area contributed by atoms with Crippen molar-refractivity contribution in [2.45, 2.75) is 57.0 Å². The molecular weight excluding hydrogens is 318 g/mol. The normalized spacial score (nSPS) is 20.1. The molecule has 1 aromatic heterocycles. The van der Waals surface area contributed by atoms with Crippen molar-refractivity contribution in [1.29, 1.82) is 0 Å². The van der Waals surface area contributed by atoms with Crippen molar-refractivity contribution in [1.82, 2.24) is 9.55 Å². The number of hydrogen-bond acceptors (Lipinski definition) is 3. The van der Waals surface area contributed by atoms with Crippen LogP contribution in [0.5, 0.6) is 0 Å². The summed E-state index contributed by atoms with van der Waals surface area (Å²) in [5.74, 6) is 0.658. The Morgan fingerprint density at radius 3 is 2.65 bits per heavy atom. The maximum atomic E-state index is 12.7. The maximum absolute atomic E-state index is 12.7. The third-order valence-electron chi connectivity index (χ3n) is 4.40. The lowest BCUT2D eigenvalue weighted by molar-refractivity contribution is 0.415. The van der Waals surface area contributed by atoms with Crippen LogP contribution in [0.2, 0.25) is 0 Å². The second-order valence-corrected chi connectivity index (χ2v) is 6.66. The van der Waals surface area contributed by atoms with Crippen molar-refractivity contribution in [2.24, 2.45) is 0 Å². The zero-order valence-electron chi connectivity index (χ0n) is 11.8. The average molecular weight is 340 g/mol. The number of anilines is 1. The van der Waals surface area contributed by atoms with Crippen LogP contribution in [-0.2, 0) is 0 Å². The minimum Gasteiger partial charge on any atom is -0.348 e. The Bertz CT molecular complexity index is 506. The molecule has 20 heavy (non-hydrogen) atoms. The molecule has 0 amide bonds. The van der Waals surface area contributed by atoms with E-state index in [9.17, 15) is 4.79 Å². The molecule has 4 nitrogen and oxygen atoms in total. The maximum Gasteiger partial charge on any atom is 0.293 e. The van der Waals surface area contributed by atoms with E-state index >= 15 is 0 Å². The van der Waals surface area contributed by atoms with E-state index in [0.717, 1.165) is 24.7 Å². The molecule has 0 N–H and O–H groups in total. The van der Waals surface area contributed by atoms with Gasteiger partial charge in [0.1, 0.15) is 0 Å². The summed E-state index contributed by atoms with van der Waals surface area (Å²) in [6, 6.07) is 0.901. The lowest BCUT2D eigenvalue weighted by Crippen LogP contribution is -2.42. The summed E-state index contributed by atoms with van der Waals surface area (Å²) in [4.78, 5) is 19.3. The number of halogens is 1. The van der Waals surface area contributed by atoms with Gasteiger partial charge in [0.15, 0.2) is 5.82 Å². The van der Waals surface area contributed by atoms with Crippen LogP contribution in [0.3, 0.4) is 0 Å². The predicted octanol–water partition coefficient (Wildman–Crippen LogP) is 3.11. The summed E-state index contributed by atoms with van der Waals surface area (Å²) in [6.45, 7) is 0.863. The smallest absolute Gasteiger partial charge is 0.293 e. The lowest BCUT2D eigenvalue weighted by atomic mass is 9.94. The molecular formula is C15H22BrN3O. The van der Waals surface area contributed by atoms with E-state index < -0.39 is 0 Å². The highest BCUT2D eigenvalue weighted by Gasteiger charge is 2.28. The van der Waals surface area contributed by atoms with Gasteiger partial charge in [0.25, 0.3) is 5.56 Å². The molecule has 0 aliphatic heterocycles. The van der Waals surface area contributed by atoms with Crippen molar-refractivity contribution < 1.29 is 0 Å². The predicted molar refractivity (Wildman–Crippen MR) is 84.8 cm³/mol. The van der Waals surface area contributed by atoms with Gasteiger partial charge in [-0.25, -0.2) is 4.98 Å². The van der Waals surface area contributed by atoms with Crippen molar-refractivity contribution in [3.05, 3.63) is 22.7 Å². The second-order valence-electron chi connectivity index (χ2n) is 5.87. The van der Waals surface area contributed by atoms with E-state index in [-0.39, 0.29) is 5.56 Å². The quantitative estimate of drug-likeness (QED) is 0.773. The molecule has 0 radical (unpaired) electrons. The topological polar surface area (TPSA) is 38.1 Å². The summed E-state index contributed by atoms with van der Waals surface area (Å²) < 4.78 is 1.88. The minimum atomic E-state index is 0.0986. The van der Waals surface area contributed by atoms with E-state index in [1.807, 2.05) is 10.8 Å². The van der Waals surface area contributed by atoms with Gasteiger partial charge in [-0.2, -0.15) is 0 Å². The van der Waals surface area contributed by atoms with Gasteiger partial charge in [-0.15, -0.1) is 0 Å². The Hall–Kier alpha value is -0.840.